The highest BCUT2D eigenvalue weighted by molar-refractivity contribution is 7.85. The van der Waals surface area contributed by atoms with Crippen LogP contribution in [0.15, 0.2) is 72.0 Å². The van der Waals surface area contributed by atoms with Gasteiger partial charge in [-0.2, -0.15) is 18.3 Å². The number of pyridine rings is 1. The Labute approximate surface area is 167 Å². The van der Waals surface area contributed by atoms with Crippen LogP contribution in [0.25, 0.3) is 27.7 Å². The third kappa shape index (κ3) is 4.22. The highest BCUT2D eigenvalue weighted by atomic mass is 32.2. The van der Waals surface area contributed by atoms with Gasteiger partial charge in [0.05, 0.1) is 28.2 Å². The van der Waals surface area contributed by atoms with Crippen molar-refractivity contribution >= 4 is 21.7 Å². The van der Waals surface area contributed by atoms with E-state index in [1.54, 1.807) is 36.1 Å². The lowest BCUT2D eigenvalue weighted by atomic mass is 10.0. The van der Waals surface area contributed by atoms with Crippen molar-refractivity contribution < 1.29 is 17.4 Å². The number of alkyl halides is 3. The molecule has 29 heavy (non-hydrogen) atoms. The molecule has 0 saturated heterocycles. The summed E-state index contributed by atoms with van der Waals surface area (Å²) in [5.41, 5.74) is 3.70. The van der Waals surface area contributed by atoms with Crippen LogP contribution in [0.4, 0.5) is 13.2 Å². The Morgan fingerprint density at radius 3 is 2.55 bits per heavy atom. The molecule has 4 rings (SSSR count). The molecule has 8 heteroatoms. The Kier molecular flexibility index (Phi) is 4.96. The number of halogens is 3. The summed E-state index contributed by atoms with van der Waals surface area (Å²) in [4.78, 5) is 4.29. The smallest absolute Gasteiger partial charge is 0.262 e. The highest BCUT2D eigenvalue weighted by Crippen LogP contribution is 2.29. The van der Waals surface area contributed by atoms with Gasteiger partial charge in [-0.15, -0.1) is 0 Å². The number of rotatable bonds is 4. The fourth-order valence-electron chi connectivity index (χ4n) is 3.08. The Bertz CT molecular complexity index is 1200. The zero-order valence-electron chi connectivity index (χ0n) is 15.3. The summed E-state index contributed by atoms with van der Waals surface area (Å²) >= 11 is 0. The van der Waals surface area contributed by atoms with Gasteiger partial charge in [-0.05, 0) is 53.9 Å². The van der Waals surface area contributed by atoms with E-state index >= 15 is 0 Å². The highest BCUT2D eigenvalue weighted by Gasteiger charge is 2.31. The summed E-state index contributed by atoms with van der Waals surface area (Å²) in [6, 6.07) is 14.4. The van der Waals surface area contributed by atoms with Crippen molar-refractivity contribution in [2.45, 2.75) is 18.0 Å². The van der Waals surface area contributed by atoms with Gasteiger partial charge in [-0.25, -0.2) is 4.68 Å². The molecule has 0 radical (unpaired) electrons. The molecular weight excluding hydrogens is 399 g/mol. The molecule has 0 amide bonds. The van der Waals surface area contributed by atoms with Crippen LogP contribution < -0.4 is 0 Å². The molecular formula is C21H16F3N3OS. The number of fused-ring (bicyclic) bond motifs is 1. The van der Waals surface area contributed by atoms with E-state index in [0.717, 1.165) is 22.2 Å². The van der Waals surface area contributed by atoms with Crippen LogP contribution in [0.1, 0.15) is 5.56 Å². The second kappa shape index (κ2) is 7.44. The summed E-state index contributed by atoms with van der Waals surface area (Å²) in [6.07, 6.45) is 0.775. The molecule has 0 aliphatic rings. The number of hydrogen-bond donors (Lipinski definition) is 0. The average Bonchev–Trinajstić information content (AvgIpc) is 3.11. The van der Waals surface area contributed by atoms with E-state index < -0.39 is 22.7 Å². The van der Waals surface area contributed by atoms with Crippen molar-refractivity contribution in [1.82, 2.24) is 14.8 Å². The van der Waals surface area contributed by atoms with Gasteiger partial charge >= 0.3 is 6.18 Å². The molecule has 2 heterocycles. The minimum absolute atomic E-state index is 0.200. The molecule has 0 fully saturated rings. The van der Waals surface area contributed by atoms with E-state index in [2.05, 4.69) is 10.1 Å². The lowest BCUT2D eigenvalue weighted by Gasteiger charge is -2.11. The molecule has 2 aromatic carbocycles. The number of nitrogens with zero attached hydrogens (tertiary/aromatic N) is 3. The standard InChI is InChI=1S/C21H16F3N3OS/c1-14-4-5-16(10-20(14)29(28)13-21(22,23)24)15-6-7-19-17(9-15)12-27(26-19)18-3-2-8-25-11-18/h2-12H,13H2,1H3. The van der Waals surface area contributed by atoms with Crippen LogP contribution in [0.2, 0.25) is 0 Å². The normalized spacial score (nSPS) is 13.0. The molecule has 0 aliphatic carbocycles. The van der Waals surface area contributed by atoms with Crippen LogP contribution in [-0.4, -0.2) is 30.9 Å². The van der Waals surface area contributed by atoms with Gasteiger partial charge in [0, 0.05) is 22.7 Å². The molecule has 0 bridgehead atoms. The second-order valence-electron chi connectivity index (χ2n) is 6.64. The molecule has 0 saturated carbocycles. The maximum absolute atomic E-state index is 12.7. The first-order chi connectivity index (χ1) is 13.8. The molecule has 2 aromatic heterocycles. The zero-order chi connectivity index (χ0) is 20.6. The van der Waals surface area contributed by atoms with Crippen LogP contribution in [0, 0.1) is 6.92 Å². The van der Waals surface area contributed by atoms with Gasteiger partial charge in [0.2, 0.25) is 0 Å². The minimum atomic E-state index is -4.48. The lowest BCUT2D eigenvalue weighted by molar-refractivity contribution is -0.105. The van der Waals surface area contributed by atoms with E-state index in [0.29, 0.717) is 11.1 Å². The maximum atomic E-state index is 12.7. The predicted octanol–water partition coefficient (Wildman–Crippen LogP) is 5.07. The monoisotopic (exact) mass is 415 g/mol. The first-order valence-corrected chi connectivity index (χ1v) is 10.1. The molecule has 1 atom stereocenters. The molecule has 4 aromatic rings. The predicted molar refractivity (Wildman–Crippen MR) is 106 cm³/mol. The SMILES string of the molecule is Cc1ccc(-c2ccc3nn(-c4cccnc4)cc3c2)cc1S(=O)CC(F)(F)F. The fourth-order valence-corrected chi connectivity index (χ4v) is 4.22. The van der Waals surface area contributed by atoms with E-state index in [-0.39, 0.29) is 4.90 Å². The Balaban J connectivity index is 1.71. The van der Waals surface area contributed by atoms with E-state index in [1.165, 1.54) is 0 Å². The Hall–Kier alpha value is -3.00. The van der Waals surface area contributed by atoms with Crippen molar-refractivity contribution in [3.8, 4) is 16.8 Å². The van der Waals surface area contributed by atoms with Crippen LogP contribution in [0.3, 0.4) is 0 Å². The van der Waals surface area contributed by atoms with Crippen molar-refractivity contribution in [1.29, 1.82) is 0 Å². The Morgan fingerprint density at radius 1 is 1.07 bits per heavy atom. The number of benzene rings is 2. The van der Waals surface area contributed by atoms with Crippen molar-refractivity contribution in [3.63, 3.8) is 0 Å². The van der Waals surface area contributed by atoms with Crippen LogP contribution in [-0.2, 0) is 10.8 Å². The molecule has 1 unspecified atom stereocenters. The summed E-state index contributed by atoms with van der Waals surface area (Å²) in [7, 11) is -2.14. The summed E-state index contributed by atoms with van der Waals surface area (Å²) in [6.45, 7) is 1.66. The number of aryl methyl sites for hydroxylation is 1. The van der Waals surface area contributed by atoms with Crippen LogP contribution >= 0.6 is 0 Å². The van der Waals surface area contributed by atoms with E-state index in [1.807, 2.05) is 42.6 Å². The van der Waals surface area contributed by atoms with Gasteiger partial charge in [-0.3, -0.25) is 9.19 Å². The first kappa shape index (κ1) is 19.3. The van der Waals surface area contributed by atoms with E-state index in [4.69, 9.17) is 0 Å². The van der Waals surface area contributed by atoms with Gasteiger partial charge in [0.25, 0.3) is 0 Å². The maximum Gasteiger partial charge on any atom is 0.400 e. The average molecular weight is 415 g/mol. The summed E-state index contributed by atoms with van der Waals surface area (Å²) in [5.74, 6) is -1.35. The largest absolute Gasteiger partial charge is 0.400 e. The van der Waals surface area contributed by atoms with Crippen LogP contribution in [0.5, 0.6) is 0 Å². The van der Waals surface area contributed by atoms with E-state index in [9.17, 15) is 17.4 Å². The van der Waals surface area contributed by atoms with Gasteiger partial charge < -0.3 is 0 Å². The third-order valence-corrected chi connectivity index (χ3v) is 6.00. The number of aromatic nitrogens is 3. The van der Waals surface area contributed by atoms with Crippen molar-refractivity contribution in [3.05, 3.63) is 72.7 Å². The molecule has 4 nitrogen and oxygen atoms in total. The number of hydrogen-bond acceptors (Lipinski definition) is 3. The minimum Gasteiger partial charge on any atom is -0.262 e. The summed E-state index contributed by atoms with van der Waals surface area (Å²) in [5, 5.41) is 5.40. The van der Waals surface area contributed by atoms with Crippen molar-refractivity contribution in [2.24, 2.45) is 0 Å². The first-order valence-electron chi connectivity index (χ1n) is 8.76. The molecule has 0 N–H and O–H groups in total. The molecule has 0 aliphatic heterocycles. The van der Waals surface area contributed by atoms with Crippen molar-refractivity contribution in [2.75, 3.05) is 5.75 Å². The lowest BCUT2D eigenvalue weighted by Crippen LogP contribution is -2.19. The quantitative estimate of drug-likeness (QED) is 0.468. The zero-order valence-corrected chi connectivity index (χ0v) is 16.2. The fraction of sp³-hybridized carbons (Fsp3) is 0.143. The second-order valence-corrected chi connectivity index (χ2v) is 8.06. The van der Waals surface area contributed by atoms with Gasteiger partial charge in [0.15, 0.2) is 0 Å². The third-order valence-electron chi connectivity index (χ3n) is 4.48. The van der Waals surface area contributed by atoms with Gasteiger partial charge in [-0.1, -0.05) is 18.2 Å². The molecule has 148 valence electrons. The topological polar surface area (TPSA) is 47.8 Å². The summed E-state index contributed by atoms with van der Waals surface area (Å²) < 4.78 is 51.9. The Morgan fingerprint density at radius 2 is 1.83 bits per heavy atom. The van der Waals surface area contributed by atoms with Gasteiger partial charge in [0.1, 0.15) is 5.75 Å². The molecule has 0 spiro atoms.